The van der Waals surface area contributed by atoms with Crippen molar-refractivity contribution >= 4 is 43.3 Å². The number of benzene rings is 3. The molecular formula is C31H37NOS. The van der Waals surface area contributed by atoms with Crippen LogP contribution in [0.25, 0.3) is 32.0 Å². The van der Waals surface area contributed by atoms with E-state index in [4.69, 9.17) is 4.42 Å². The van der Waals surface area contributed by atoms with Crippen LogP contribution in [0, 0.1) is 0 Å². The average Bonchev–Trinajstić information content (AvgIpc) is 3.63. The van der Waals surface area contributed by atoms with E-state index in [1.807, 2.05) is 102 Å². The summed E-state index contributed by atoms with van der Waals surface area (Å²) in [5.74, 6) is 0. The molecule has 0 saturated heterocycles. The summed E-state index contributed by atoms with van der Waals surface area (Å²) in [6.45, 7) is 12.0. The van der Waals surface area contributed by atoms with Gasteiger partial charge in [0.05, 0.1) is 11.8 Å². The van der Waals surface area contributed by atoms with Gasteiger partial charge >= 0.3 is 0 Å². The molecule has 0 atom stereocenters. The van der Waals surface area contributed by atoms with Gasteiger partial charge in [-0.15, -0.1) is 11.3 Å². The third-order valence-electron chi connectivity index (χ3n) is 4.24. The second-order valence-electron chi connectivity index (χ2n) is 6.11. The van der Waals surface area contributed by atoms with Crippen LogP contribution in [0.2, 0.25) is 0 Å². The van der Waals surface area contributed by atoms with Crippen molar-refractivity contribution < 1.29 is 4.42 Å². The molecule has 0 aliphatic carbocycles. The van der Waals surface area contributed by atoms with Gasteiger partial charge in [0.1, 0.15) is 5.58 Å². The fraction of sp³-hybridized carbons (Fsp3) is 0.194. The summed E-state index contributed by atoms with van der Waals surface area (Å²) in [4.78, 5) is 4.18. The number of pyridine rings is 1. The molecule has 6 aromatic rings. The standard InChI is InChI=1S/C9H7N.C8H6O.C8H6S.3C2H6/c1-2-6-9-8(4-1)5-3-7-10-9;2*1-2-4-8-7(3-1)5-6-9-8;3*1-2/h1-7H;2*1-6H;3*1-2H3. The van der Waals surface area contributed by atoms with Gasteiger partial charge in [0, 0.05) is 21.7 Å². The molecule has 0 saturated carbocycles. The van der Waals surface area contributed by atoms with Crippen LogP contribution in [0.3, 0.4) is 0 Å². The SMILES string of the molecule is CC.CC.CC.c1ccc2ncccc2c1.c1ccc2occc2c1.c1ccc2sccc2c1. The Balaban J connectivity index is 0.000000230. The van der Waals surface area contributed by atoms with E-state index in [1.165, 1.54) is 15.5 Å². The van der Waals surface area contributed by atoms with E-state index in [1.54, 1.807) is 17.6 Å². The normalized spacial score (nSPS) is 8.88. The zero-order chi connectivity index (χ0) is 25.0. The minimum absolute atomic E-state index is 0.956. The van der Waals surface area contributed by atoms with Gasteiger partial charge in [-0.1, -0.05) is 102 Å². The minimum Gasteiger partial charge on any atom is -0.464 e. The topological polar surface area (TPSA) is 26.0 Å². The van der Waals surface area contributed by atoms with Crippen molar-refractivity contribution in [1.82, 2.24) is 4.98 Å². The van der Waals surface area contributed by atoms with Gasteiger partial charge in [-0.05, 0) is 47.2 Å². The molecule has 0 aliphatic heterocycles. The maximum absolute atomic E-state index is 5.12. The van der Waals surface area contributed by atoms with Crippen molar-refractivity contribution in [3.05, 3.63) is 115 Å². The monoisotopic (exact) mass is 471 g/mol. The van der Waals surface area contributed by atoms with Gasteiger partial charge in [0.15, 0.2) is 0 Å². The fourth-order valence-corrected chi connectivity index (χ4v) is 3.62. The molecule has 0 bridgehead atoms. The second kappa shape index (κ2) is 18.0. The van der Waals surface area contributed by atoms with Crippen LogP contribution in [-0.4, -0.2) is 4.98 Å². The molecule has 3 heterocycles. The lowest BCUT2D eigenvalue weighted by Crippen LogP contribution is -1.73. The fourth-order valence-electron chi connectivity index (χ4n) is 2.83. The second-order valence-corrected chi connectivity index (χ2v) is 7.06. The summed E-state index contributed by atoms with van der Waals surface area (Å²) in [6, 6.07) is 32.5. The maximum Gasteiger partial charge on any atom is 0.133 e. The smallest absolute Gasteiger partial charge is 0.133 e. The van der Waals surface area contributed by atoms with Crippen molar-refractivity contribution in [3.63, 3.8) is 0 Å². The van der Waals surface area contributed by atoms with Crippen LogP contribution in [0.4, 0.5) is 0 Å². The number of hydrogen-bond acceptors (Lipinski definition) is 3. The summed E-state index contributed by atoms with van der Waals surface area (Å²) >= 11 is 1.79. The Morgan fingerprint density at radius 2 is 1.15 bits per heavy atom. The molecular weight excluding hydrogens is 434 g/mol. The highest BCUT2D eigenvalue weighted by molar-refractivity contribution is 7.17. The lowest BCUT2D eigenvalue weighted by Gasteiger charge is -1.91. The summed E-state index contributed by atoms with van der Waals surface area (Å²) < 4.78 is 6.49. The Kier molecular flexibility index (Phi) is 15.2. The molecule has 0 aliphatic rings. The van der Waals surface area contributed by atoms with E-state index in [0.717, 1.165) is 16.5 Å². The van der Waals surface area contributed by atoms with Crippen LogP contribution >= 0.6 is 11.3 Å². The van der Waals surface area contributed by atoms with E-state index >= 15 is 0 Å². The lowest BCUT2D eigenvalue weighted by atomic mass is 10.2. The van der Waals surface area contributed by atoms with Gasteiger partial charge in [-0.2, -0.15) is 0 Å². The van der Waals surface area contributed by atoms with Crippen LogP contribution < -0.4 is 0 Å². The van der Waals surface area contributed by atoms with Crippen LogP contribution in [0.15, 0.2) is 119 Å². The molecule has 0 fully saturated rings. The van der Waals surface area contributed by atoms with Crippen molar-refractivity contribution in [2.45, 2.75) is 41.5 Å². The van der Waals surface area contributed by atoms with Gasteiger partial charge in [-0.3, -0.25) is 4.98 Å². The number of para-hydroxylation sites is 2. The number of hydrogen-bond donors (Lipinski definition) is 0. The molecule has 0 radical (unpaired) electrons. The van der Waals surface area contributed by atoms with Crippen LogP contribution in [0.1, 0.15) is 41.5 Å². The first-order valence-electron chi connectivity index (χ1n) is 12.0. The molecule has 2 nitrogen and oxygen atoms in total. The molecule has 3 aromatic carbocycles. The Labute approximate surface area is 208 Å². The quantitative estimate of drug-likeness (QED) is 0.220. The molecule has 178 valence electrons. The first-order chi connectivity index (χ1) is 16.9. The Morgan fingerprint density at radius 3 is 1.82 bits per heavy atom. The zero-order valence-electron chi connectivity index (χ0n) is 21.2. The molecule has 6 rings (SSSR count). The van der Waals surface area contributed by atoms with E-state index in [-0.39, 0.29) is 0 Å². The maximum atomic E-state index is 5.12. The van der Waals surface area contributed by atoms with E-state index in [0.29, 0.717) is 0 Å². The molecule has 3 heteroatoms. The highest BCUT2D eigenvalue weighted by atomic mass is 32.1. The van der Waals surface area contributed by atoms with E-state index in [9.17, 15) is 0 Å². The number of furan rings is 1. The minimum atomic E-state index is 0.956. The van der Waals surface area contributed by atoms with Crippen LogP contribution in [-0.2, 0) is 0 Å². The molecule has 34 heavy (non-hydrogen) atoms. The van der Waals surface area contributed by atoms with Gasteiger partial charge in [-0.25, -0.2) is 0 Å². The third-order valence-corrected chi connectivity index (χ3v) is 5.13. The number of aromatic nitrogens is 1. The van der Waals surface area contributed by atoms with E-state index < -0.39 is 0 Å². The molecule has 0 spiro atoms. The van der Waals surface area contributed by atoms with Gasteiger partial charge in [0.25, 0.3) is 0 Å². The summed E-state index contributed by atoms with van der Waals surface area (Å²) in [5.41, 5.74) is 2.02. The number of rotatable bonds is 0. The summed E-state index contributed by atoms with van der Waals surface area (Å²) in [7, 11) is 0. The Morgan fingerprint density at radius 1 is 0.559 bits per heavy atom. The van der Waals surface area contributed by atoms with Crippen molar-refractivity contribution in [3.8, 4) is 0 Å². The predicted octanol–water partition coefficient (Wildman–Crippen LogP) is 10.6. The predicted molar refractivity (Wildman–Crippen MR) is 154 cm³/mol. The van der Waals surface area contributed by atoms with Gasteiger partial charge < -0.3 is 4.42 Å². The first kappa shape index (κ1) is 28.6. The first-order valence-corrected chi connectivity index (χ1v) is 12.9. The molecule has 3 aromatic heterocycles. The highest BCUT2D eigenvalue weighted by Crippen LogP contribution is 2.18. The largest absolute Gasteiger partial charge is 0.464 e. The van der Waals surface area contributed by atoms with Crippen LogP contribution in [0.5, 0.6) is 0 Å². The molecule has 0 N–H and O–H groups in total. The van der Waals surface area contributed by atoms with Crippen molar-refractivity contribution in [2.24, 2.45) is 0 Å². The lowest BCUT2D eigenvalue weighted by molar-refractivity contribution is 0.616. The van der Waals surface area contributed by atoms with E-state index in [2.05, 4.69) is 52.8 Å². The van der Waals surface area contributed by atoms with Crippen molar-refractivity contribution in [1.29, 1.82) is 0 Å². The number of thiophene rings is 1. The highest BCUT2D eigenvalue weighted by Gasteiger charge is 1.90. The molecule has 0 unspecified atom stereocenters. The average molecular weight is 472 g/mol. The molecule has 0 amide bonds. The zero-order valence-corrected chi connectivity index (χ0v) is 22.0. The summed E-state index contributed by atoms with van der Waals surface area (Å²) in [6.07, 6.45) is 3.51. The van der Waals surface area contributed by atoms with Gasteiger partial charge in [0.2, 0.25) is 0 Å². The summed E-state index contributed by atoms with van der Waals surface area (Å²) in [5, 5.41) is 5.83. The van der Waals surface area contributed by atoms with Crippen molar-refractivity contribution in [2.75, 3.05) is 0 Å². The Bertz CT molecular complexity index is 1090. The number of fused-ring (bicyclic) bond motifs is 3. The Hall–Kier alpha value is -3.43. The number of nitrogens with zero attached hydrogens (tertiary/aromatic N) is 1. The third kappa shape index (κ3) is 9.21.